The van der Waals surface area contributed by atoms with Gasteiger partial charge in [0.1, 0.15) is 11.4 Å². The average Bonchev–Trinajstić information content (AvgIpc) is 2.77. The van der Waals surface area contributed by atoms with Gasteiger partial charge in [0.2, 0.25) is 5.70 Å². The van der Waals surface area contributed by atoms with Crippen LogP contribution in [0, 0.1) is 6.92 Å². The Balaban J connectivity index is 2.03. The largest absolute Gasteiger partial charge is 0.510 e. The van der Waals surface area contributed by atoms with Crippen molar-refractivity contribution in [2.75, 3.05) is 0 Å². The monoisotopic (exact) mass is 356 g/mol. The van der Waals surface area contributed by atoms with E-state index in [0.29, 0.717) is 11.4 Å². The van der Waals surface area contributed by atoms with Crippen molar-refractivity contribution in [1.82, 2.24) is 9.36 Å². The predicted octanol–water partition coefficient (Wildman–Crippen LogP) is 3.06. The van der Waals surface area contributed by atoms with Gasteiger partial charge in [0.05, 0.1) is 11.4 Å². The van der Waals surface area contributed by atoms with Crippen LogP contribution in [0.3, 0.4) is 0 Å². The standard InChI is InChI=1S/C18H20N4O4/c1-11-14(16(24)22(21(11)4)12-8-6-5-7-9-12)19-20-15-13(23)10-18(2,3)26-17(15)25/h5-9,23H,10H2,1-4H3. The molecule has 8 nitrogen and oxygen atoms in total. The minimum absolute atomic E-state index is 0.0919. The van der Waals surface area contributed by atoms with E-state index in [1.165, 1.54) is 4.68 Å². The fraction of sp³-hybridized carbons (Fsp3) is 0.333. The molecule has 8 heteroatoms. The maximum atomic E-state index is 12.7. The topological polar surface area (TPSA) is 98.2 Å². The van der Waals surface area contributed by atoms with Crippen LogP contribution in [0.2, 0.25) is 0 Å². The van der Waals surface area contributed by atoms with Crippen molar-refractivity contribution in [1.29, 1.82) is 0 Å². The number of aromatic nitrogens is 2. The third-order valence-electron chi connectivity index (χ3n) is 4.20. The highest BCUT2D eigenvalue weighted by atomic mass is 16.6. The number of carbonyl (C=O) groups is 1. The Morgan fingerprint density at radius 1 is 1.15 bits per heavy atom. The van der Waals surface area contributed by atoms with E-state index in [-0.39, 0.29) is 29.1 Å². The maximum Gasteiger partial charge on any atom is 0.362 e. The molecule has 1 N–H and O–H groups in total. The molecular weight excluding hydrogens is 336 g/mol. The molecule has 1 aliphatic heterocycles. The summed E-state index contributed by atoms with van der Waals surface area (Å²) in [6, 6.07) is 9.12. The number of hydrogen-bond acceptors (Lipinski definition) is 6. The van der Waals surface area contributed by atoms with Crippen molar-refractivity contribution < 1.29 is 14.6 Å². The second-order valence-corrected chi connectivity index (χ2v) is 6.73. The molecule has 1 aliphatic rings. The van der Waals surface area contributed by atoms with E-state index < -0.39 is 11.6 Å². The van der Waals surface area contributed by atoms with Gasteiger partial charge in [-0.05, 0) is 32.9 Å². The molecule has 1 aromatic heterocycles. The number of para-hydroxylation sites is 1. The Kier molecular flexibility index (Phi) is 4.27. The van der Waals surface area contributed by atoms with Crippen molar-refractivity contribution >= 4 is 11.7 Å². The molecule has 136 valence electrons. The molecule has 0 fully saturated rings. The van der Waals surface area contributed by atoms with Crippen LogP contribution < -0.4 is 5.56 Å². The van der Waals surface area contributed by atoms with Gasteiger partial charge in [0.15, 0.2) is 5.69 Å². The van der Waals surface area contributed by atoms with Crippen molar-refractivity contribution in [2.24, 2.45) is 17.3 Å². The Labute approximate surface area is 150 Å². The fourth-order valence-corrected chi connectivity index (χ4v) is 2.81. The van der Waals surface area contributed by atoms with Gasteiger partial charge in [-0.1, -0.05) is 18.2 Å². The number of ether oxygens (including phenoxy) is 1. The first kappa shape index (κ1) is 17.7. The number of nitrogens with zero attached hydrogens (tertiary/aromatic N) is 4. The van der Waals surface area contributed by atoms with Crippen LogP contribution in [0.1, 0.15) is 26.0 Å². The van der Waals surface area contributed by atoms with Gasteiger partial charge in [0.25, 0.3) is 5.56 Å². The van der Waals surface area contributed by atoms with E-state index in [0.717, 1.165) is 0 Å². The summed E-state index contributed by atoms with van der Waals surface area (Å²) in [7, 11) is 1.73. The van der Waals surface area contributed by atoms with E-state index >= 15 is 0 Å². The van der Waals surface area contributed by atoms with Crippen LogP contribution >= 0.6 is 0 Å². The van der Waals surface area contributed by atoms with Gasteiger partial charge in [-0.3, -0.25) is 9.48 Å². The Morgan fingerprint density at radius 2 is 1.81 bits per heavy atom. The minimum atomic E-state index is -0.803. The van der Waals surface area contributed by atoms with Crippen molar-refractivity contribution in [3.05, 3.63) is 57.8 Å². The van der Waals surface area contributed by atoms with Crippen LogP contribution in [-0.4, -0.2) is 26.0 Å². The smallest absolute Gasteiger partial charge is 0.362 e. The molecule has 3 rings (SSSR count). The average molecular weight is 356 g/mol. The number of benzene rings is 1. The summed E-state index contributed by atoms with van der Waals surface area (Å²) in [5.41, 5.74) is -0.0993. The van der Waals surface area contributed by atoms with Gasteiger partial charge < -0.3 is 9.84 Å². The number of cyclic esters (lactones) is 1. The van der Waals surface area contributed by atoms with E-state index in [1.807, 2.05) is 18.2 Å². The zero-order chi connectivity index (χ0) is 19.1. The van der Waals surface area contributed by atoms with Crippen LogP contribution in [-0.2, 0) is 16.6 Å². The molecule has 26 heavy (non-hydrogen) atoms. The molecule has 0 aliphatic carbocycles. The summed E-state index contributed by atoms with van der Waals surface area (Å²) in [5.74, 6) is -0.966. The number of rotatable bonds is 3. The summed E-state index contributed by atoms with van der Waals surface area (Å²) < 4.78 is 8.32. The first-order chi connectivity index (χ1) is 12.2. The number of aliphatic hydroxyl groups excluding tert-OH is 1. The van der Waals surface area contributed by atoms with Gasteiger partial charge in [-0.25, -0.2) is 9.48 Å². The zero-order valence-corrected chi connectivity index (χ0v) is 15.1. The second-order valence-electron chi connectivity index (χ2n) is 6.73. The van der Waals surface area contributed by atoms with E-state index in [4.69, 9.17) is 4.74 Å². The van der Waals surface area contributed by atoms with E-state index in [1.54, 1.807) is 44.6 Å². The molecule has 0 radical (unpaired) electrons. The molecule has 0 bridgehead atoms. The molecule has 0 atom stereocenters. The lowest BCUT2D eigenvalue weighted by Crippen LogP contribution is -2.34. The van der Waals surface area contributed by atoms with Crippen molar-refractivity contribution in [2.45, 2.75) is 32.8 Å². The molecular formula is C18H20N4O4. The molecule has 2 aromatic rings. The number of aliphatic hydroxyl groups is 1. The number of hydrogen-bond donors (Lipinski definition) is 1. The molecule has 2 heterocycles. The van der Waals surface area contributed by atoms with Crippen LogP contribution in [0.15, 0.2) is 56.8 Å². The summed E-state index contributed by atoms with van der Waals surface area (Å²) in [6.45, 7) is 5.11. The third-order valence-corrected chi connectivity index (χ3v) is 4.20. The minimum Gasteiger partial charge on any atom is -0.510 e. The molecule has 1 aromatic carbocycles. The van der Waals surface area contributed by atoms with Crippen molar-refractivity contribution in [3.63, 3.8) is 0 Å². The Morgan fingerprint density at radius 3 is 2.42 bits per heavy atom. The molecule has 0 saturated carbocycles. The predicted molar refractivity (Wildman–Crippen MR) is 94.7 cm³/mol. The number of azo groups is 1. The van der Waals surface area contributed by atoms with Gasteiger partial charge >= 0.3 is 5.97 Å². The lowest BCUT2D eigenvalue weighted by atomic mass is 10.0. The van der Waals surface area contributed by atoms with Crippen molar-refractivity contribution in [3.8, 4) is 5.69 Å². The van der Waals surface area contributed by atoms with Gasteiger partial charge in [0, 0.05) is 13.5 Å². The first-order valence-electron chi connectivity index (χ1n) is 8.12. The lowest BCUT2D eigenvalue weighted by molar-refractivity contribution is -0.154. The lowest BCUT2D eigenvalue weighted by Gasteiger charge is -2.28. The highest BCUT2D eigenvalue weighted by Gasteiger charge is 2.35. The SMILES string of the molecule is Cc1c(N=NC2=C(O)CC(C)(C)OC2=O)c(=O)n(-c2ccccc2)n1C. The Bertz CT molecular complexity index is 981. The third kappa shape index (κ3) is 3.05. The highest BCUT2D eigenvalue weighted by Crippen LogP contribution is 2.29. The normalized spacial score (nSPS) is 17.0. The van der Waals surface area contributed by atoms with Crippen LogP contribution in [0.5, 0.6) is 0 Å². The first-order valence-corrected chi connectivity index (χ1v) is 8.12. The van der Waals surface area contributed by atoms with E-state index in [2.05, 4.69) is 10.2 Å². The summed E-state index contributed by atoms with van der Waals surface area (Å²) in [6.07, 6.45) is 0.134. The van der Waals surface area contributed by atoms with Crippen LogP contribution in [0.25, 0.3) is 5.69 Å². The zero-order valence-electron chi connectivity index (χ0n) is 15.1. The van der Waals surface area contributed by atoms with Gasteiger partial charge in [-0.2, -0.15) is 0 Å². The molecule has 0 amide bonds. The molecule has 0 spiro atoms. The second kappa shape index (κ2) is 6.29. The summed E-state index contributed by atoms with van der Waals surface area (Å²) >= 11 is 0. The number of esters is 1. The quantitative estimate of drug-likeness (QED) is 0.675. The fourth-order valence-electron chi connectivity index (χ4n) is 2.81. The van der Waals surface area contributed by atoms with Gasteiger partial charge in [-0.15, -0.1) is 10.2 Å². The molecule has 0 saturated heterocycles. The number of carbonyl (C=O) groups excluding carboxylic acids is 1. The van der Waals surface area contributed by atoms with Crippen LogP contribution in [0.4, 0.5) is 5.69 Å². The summed E-state index contributed by atoms with van der Waals surface area (Å²) in [4.78, 5) is 24.8. The van der Waals surface area contributed by atoms with E-state index in [9.17, 15) is 14.7 Å². The maximum absolute atomic E-state index is 12.7. The Hall–Kier alpha value is -3.16. The highest BCUT2D eigenvalue weighted by molar-refractivity contribution is 5.89. The summed E-state index contributed by atoms with van der Waals surface area (Å²) in [5, 5.41) is 17.8. The molecule has 0 unspecified atom stereocenters.